The van der Waals surface area contributed by atoms with Gasteiger partial charge in [0.2, 0.25) is 0 Å². The summed E-state index contributed by atoms with van der Waals surface area (Å²) in [5, 5.41) is 15.5. The van der Waals surface area contributed by atoms with Crippen LogP contribution in [0.2, 0.25) is 0 Å². The van der Waals surface area contributed by atoms with Crippen LogP contribution in [0.4, 0.5) is 10.5 Å². The monoisotopic (exact) mass is 661 g/mol. The number of rotatable bonds is 9. The fourth-order valence-electron chi connectivity index (χ4n) is 7.10. The molecule has 0 spiro atoms. The number of urea groups is 1. The molecule has 2 fully saturated rings. The Kier molecular flexibility index (Phi) is 9.90. The number of carbonyl (C=O) groups excluding carboxylic acids is 1. The lowest BCUT2D eigenvalue weighted by atomic mass is 9.89. The van der Waals surface area contributed by atoms with Crippen molar-refractivity contribution in [2.75, 3.05) is 25.0 Å². The molecule has 2 aliphatic rings. The van der Waals surface area contributed by atoms with Crippen molar-refractivity contribution in [1.29, 1.82) is 0 Å². The summed E-state index contributed by atoms with van der Waals surface area (Å²) in [7, 11) is 0. The number of anilines is 1. The first-order chi connectivity index (χ1) is 23.9. The van der Waals surface area contributed by atoms with Crippen LogP contribution in [0.5, 0.6) is 0 Å². The van der Waals surface area contributed by atoms with Gasteiger partial charge in [0, 0.05) is 49.4 Å². The number of aliphatic hydroxyl groups excluding tert-OH is 1. The Hall–Kier alpha value is -4.74. The maximum absolute atomic E-state index is 12.9. The lowest BCUT2D eigenvalue weighted by molar-refractivity contribution is -0.276. The van der Waals surface area contributed by atoms with Crippen molar-refractivity contribution in [2.45, 2.75) is 57.5 Å². The minimum atomic E-state index is -0.653. The minimum Gasteiger partial charge on any atom is -0.392 e. The Balaban J connectivity index is 1.06. The van der Waals surface area contributed by atoms with Crippen LogP contribution in [-0.4, -0.2) is 51.3 Å². The van der Waals surface area contributed by atoms with Crippen molar-refractivity contribution in [3.63, 3.8) is 0 Å². The number of ether oxygens (including phenoxy) is 2. The third-order valence-corrected chi connectivity index (χ3v) is 9.82. The van der Waals surface area contributed by atoms with Gasteiger partial charge < -0.3 is 35.1 Å². The van der Waals surface area contributed by atoms with Gasteiger partial charge in [-0.05, 0) is 53.8 Å². The first kappa shape index (κ1) is 32.8. The van der Waals surface area contributed by atoms with Crippen LogP contribution in [-0.2, 0) is 22.6 Å². The van der Waals surface area contributed by atoms with Gasteiger partial charge in [0.15, 0.2) is 6.29 Å². The standard InChI is InChI=1S/C39H43N5O5/c1-26-35(24-43-20-18-32(19-21-43)44-34-13-6-5-12-33(34)42-39(44)47)48-37(49-36(26)29-16-14-28(25-45)15-17-29)30-10-7-11-31(22-30)41-38(46)40-23-27-8-3-2-4-9-27/h2-17,22,26,32,35-37,45H,18-21,23-25H2,1H3,(H,42,47)(H2,40,41,46)/t26-,35+,36+,37+/m1/s1. The van der Waals surface area contributed by atoms with E-state index in [9.17, 15) is 14.7 Å². The molecule has 2 amide bonds. The van der Waals surface area contributed by atoms with Crippen LogP contribution in [0.3, 0.4) is 0 Å². The van der Waals surface area contributed by atoms with Gasteiger partial charge in [-0.3, -0.25) is 4.57 Å². The largest absolute Gasteiger partial charge is 0.392 e. The SMILES string of the molecule is C[C@@H]1[C@H](CN2CCC(n3c(=O)[nH]c4ccccc43)CC2)O[C@H](c2cccc(NC(=O)NCc3ccccc3)c2)O[C@@H]1c1ccc(CO)cc1. The Bertz CT molecular complexity index is 1920. The molecule has 254 valence electrons. The Labute approximate surface area is 285 Å². The maximum atomic E-state index is 12.9. The van der Waals surface area contributed by atoms with E-state index in [1.807, 2.05) is 108 Å². The van der Waals surface area contributed by atoms with Gasteiger partial charge in [0.05, 0.1) is 29.8 Å². The molecule has 7 rings (SSSR count). The Morgan fingerprint density at radius 1 is 0.878 bits per heavy atom. The second-order valence-electron chi connectivity index (χ2n) is 13.1. The first-order valence-electron chi connectivity index (χ1n) is 17.1. The quantitative estimate of drug-likeness (QED) is 0.148. The number of fused-ring (bicyclic) bond motifs is 1. The molecular weight excluding hydrogens is 618 g/mol. The molecule has 0 bridgehead atoms. The Morgan fingerprint density at radius 2 is 1.63 bits per heavy atom. The van der Waals surface area contributed by atoms with E-state index in [0.717, 1.165) is 65.8 Å². The predicted octanol–water partition coefficient (Wildman–Crippen LogP) is 6.27. The highest BCUT2D eigenvalue weighted by atomic mass is 16.7. The molecule has 0 aliphatic carbocycles. The molecule has 5 aromatic rings. The van der Waals surface area contributed by atoms with E-state index < -0.39 is 6.29 Å². The second-order valence-corrected chi connectivity index (χ2v) is 13.1. The number of nitrogens with one attached hydrogen (secondary N) is 3. The third kappa shape index (κ3) is 7.47. The average Bonchev–Trinajstić information content (AvgIpc) is 3.48. The number of hydrogen-bond donors (Lipinski definition) is 4. The number of piperidine rings is 1. The zero-order valence-electron chi connectivity index (χ0n) is 27.6. The van der Waals surface area contributed by atoms with Crippen LogP contribution in [0.15, 0.2) is 108 Å². The number of hydrogen-bond acceptors (Lipinski definition) is 6. The van der Waals surface area contributed by atoms with Gasteiger partial charge in [-0.15, -0.1) is 0 Å². The summed E-state index contributed by atoms with van der Waals surface area (Å²) >= 11 is 0. The topological polar surface area (TPSA) is 121 Å². The molecule has 2 saturated heterocycles. The van der Waals surface area contributed by atoms with Gasteiger partial charge in [-0.1, -0.05) is 85.8 Å². The van der Waals surface area contributed by atoms with Crippen molar-refractivity contribution in [2.24, 2.45) is 5.92 Å². The minimum absolute atomic E-state index is 0.0188. The molecule has 3 heterocycles. The number of aromatic nitrogens is 2. The van der Waals surface area contributed by atoms with E-state index in [2.05, 4.69) is 27.4 Å². The lowest BCUT2D eigenvalue weighted by Crippen LogP contribution is -2.47. The number of benzene rings is 4. The zero-order valence-corrected chi connectivity index (χ0v) is 27.6. The van der Waals surface area contributed by atoms with Crippen molar-refractivity contribution >= 4 is 22.8 Å². The number of aromatic amines is 1. The number of imidazole rings is 1. The van der Waals surface area contributed by atoms with Crippen LogP contribution in [0.1, 0.15) is 60.5 Å². The van der Waals surface area contributed by atoms with Gasteiger partial charge in [0.1, 0.15) is 0 Å². The lowest BCUT2D eigenvalue weighted by Gasteiger charge is -2.44. The van der Waals surface area contributed by atoms with Crippen LogP contribution < -0.4 is 16.3 Å². The predicted molar refractivity (Wildman–Crippen MR) is 189 cm³/mol. The smallest absolute Gasteiger partial charge is 0.326 e. The van der Waals surface area contributed by atoms with Crippen molar-refractivity contribution in [3.8, 4) is 0 Å². The summed E-state index contributed by atoms with van der Waals surface area (Å²) in [6.07, 6.45) is 0.702. The molecule has 4 atom stereocenters. The van der Waals surface area contributed by atoms with Gasteiger partial charge in [0.25, 0.3) is 0 Å². The summed E-state index contributed by atoms with van der Waals surface area (Å²) in [6.45, 7) is 4.99. The van der Waals surface area contributed by atoms with Crippen molar-refractivity contribution in [1.82, 2.24) is 19.8 Å². The fourth-order valence-corrected chi connectivity index (χ4v) is 7.10. The van der Waals surface area contributed by atoms with Crippen LogP contribution in [0, 0.1) is 5.92 Å². The average molecular weight is 662 g/mol. The summed E-state index contributed by atoms with van der Waals surface area (Å²) in [5.41, 5.74) is 6.12. The molecule has 1 aromatic heterocycles. The van der Waals surface area contributed by atoms with Crippen LogP contribution >= 0.6 is 0 Å². The maximum Gasteiger partial charge on any atom is 0.326 e. The molecule has 4 N–H and O–H groups in total. The van der Waals surface area contributed by atoms with Gasteiger partial charge in [-0.25, -0.2) is 9.59 Å². The van der Waals surface area contributed by atoms with Crippen LogP contribution in [0.25, 0.3) is 11.0 Å². The molecule has 2 aliphatic heterocycles. The molecule has 49 heavy (non-hydrogen) atoms. The van der Waals surface area contributed by atoms with E-state index in [1.165, 1.54) is 0 Å². The molecule has 10 heteroatoms. The fraction of sp³-hybridized carbons (Fsp3) is 0.333. The molecule has 0 radical (unpaired) electrons. The zero-order chi connectivity index (χ0) is 33.7. The summed E-state index contributed by atoms with van der Waals surface area (Å²) in [4.78, 5) is 31.0. The van der Waals surface area contributed by atoms with Crippen molar-refractivity contribution in [3.05, 3.63) is 136 Å². The molecular formula is C39H43N5O5. The van der Waals surface area contributed by atoms with Gasteiger partial charge >= 0.3 is 11.7 Å². The number of nitrogens with zero attached hydrogens (tertiary/aromatic N) is 2. The molecule has 4 aromatic carbocycles. The number of amides is 2. The third-order valence-electron chi connectivity index (χ3n) is 9.82. The highest BCUT2D eigenvalue weighted by Crippen LogP contribution is 2.42. The number of likely N-dealkylation sites (tertiary alicyclic amines) is 1. The Morgan fingerprint density at radius 3 is 2.41 bits per heavy atom. The molecule has 0 unspecified atom stereocenters. The van der Waals surface area contributed by atoms with Crippen molar-refractivity contribution < 1.29 is 19.4 Å². The first-order valence-corrected chi connectivity index (χ1v) is 17.1. The number of H-pyrrole nitrogens is 1. The number of para-hydroxylation sites is 2. The molecule has 0 saturated carbocycles. The van der Waals surface area contributed by atoms with E-state index in [1.54, 1.807) is 0 Å². The van der Waals surface area contributed by atoms with E-state index >= 15 is 0 Å². The van der Waals surface area contributed by atoms with E-state index in [-0.39, 0.29) is 42.5 Å². The van der Waals surface area contributed by atoms with Gasteiger partial charge in [-0.2, -0.15) is 0 Å². The normalized spacial score (nSPS) is 21.8. The number of carbonyl (C=O) groups is 1. The van der Waals surface area contributed by atoms with E-state index in [4.69, 9.17) is 9.47 Å². The molecule has 10 nitrogen and oxygen atoms in total. The summed E-state index contributed by atoms with van der Waals surface area (Å²) < 4.78 is 15.3. The van der Waals surface area contributed by atoms with E-state index in [0.29, 0.717) is 12.2 Å². The summed E-state index contributed by atoms with van der Waals surface area (Å²) in [5.74, 6) is 0.0373. The highest BCUT2D eigenvalue weighted by molar-refractivity contribution is 5.89. The summed E-state index contributed by atoms with van der Waals surface area (Å²) in [6, 6.07) is 33.0. The highest BCUT2D eigenvalue weighted by Gasteiger charge is 2.39. The number of aliphatic hydroxyl groups is 1. The second kappa shape index (κ2) is 14.8.